The zero-order valence-electron chi connectivity index (χ0n) is 28.0. The summed E-state index contributed by atoms with van der Waals surface area (Å²) in [5.41, 5.74) is -3.70. The van der Waals surface area contributed by atoms with Crippen molar-refractivity contribution in [1.29, 1.82) is 0 Å². The Bertz CT molecular complexity index is 1610. The van der Waals surface area contributed by atoms with Crippen molar-refractivity contribution < 1.29 is 61.3 Å². The fourth-order valence-electron chi connectivity index (χ4n) is 4.97. The Balaban J connectivity index is 1.46. The van der Waals surface area contributed by atoms with E-state index in [-0.39, 0.29) is 62.6 Å². The first-order valence-electron chi connectivity index (χ1n) is 15.6. The Hall–Kier alpha value is -5.36. The Morgan fingerprint density at radius 3 is 2.31 bits per heavy atom. The summed E-state index contributed by atoms with van der Waals surface area (Å²) in [4.78, 5) is 48.6. The molecule has 278 valence electrons. The van der Waals surface area contributed by atoms with Crippen LogP contribution in [0.4, 0.5) is 23.7 Å². The number of nitro benzene ring substituents is 1. The van der Waals surface area contributed by atoms with E-state index < -0.39 is 58.1 Å². The minimum Gasteiger partial charge on any atom is -0.493 e. The number of amides is 1. The van der Waals surface area contributed by atoms with Gasteiger partial charge in [-0.15, -0.1) is 0 Å². The van der Waals surface area contributed by atoms with Gasteiger partial charge in [0.2, 0.25) is 0 Å². The highest BCUT2D eigenvalue weighted by molar-refractivity contribution is 6.00. The molecule has 0 bridgehead atoms. The van der Waals surface area contributed by atoms with Crippen LogP contribution in [0.25, 0.3) is 0 Å². The van der Waals surface area contributed by atoms with Crippen LogP contribution in [-0.2, 0) is 23.8 Å². The van der Waals surface area contributed by atoms with E-state index in [1.54, 1.807) is 24.3 Å². The molecule has 1 aliphatic heterocycles. The number of methoxy groups -OCH3 is 2. The highest BCUT2D eigenvalue weighted by Crippen LogP contribution is 2.44. The Morgan fingerprint density at radius 1 is 0.980 bits per heavy atom. The number of nitro groups is 1. The van der Waals surface area contributed by atoms with Crippen LogP contribution in [0, 0.1) is 10.1 Å². The number of hydrogen-bond acceptors (Lipinski definition) is 13. The van der Waals surface area contributed by atoms with Gasteiger partial charge in [-0.05, 0) is 37.5 Å². The van der Waals surface area contributed by atoms with E-state index in [4.69, 9.17) is 18.9 Å². The number of ether oxygens (including phenoxy) is 5. The number of benzene rings is 2. The molecule has 2 atom stereocenters. The van der Waals surface area contributed by atoms with Crippen molar-refractivity contribution in [1.82, 2.24) is 16.0 Å². The molecule has 0 fully saturated rings. The van der Waals surface area contributed by atoms with Crippen LogP contribution in [0.3, 0.4) is 0 Å². The number of rotatable bonds is 18. The molecule has 18 heteroatoms. The average Bonchev–Trinajstić information content (AvgIpc) is 3.10. The summed E-state index contributed by atoms with van der Waals surface area (Å²) in [6.45, 7) is 1.67. The number of allylic oxidation sites excluding steroid dienone is 2. The van der Waals surface area contributed by atoms with Crippen molar-refractivity contribution in [2.45, 2.75) is 38.0 Å². The van der Waals surface area contributed by atoms with Crippen LogP contribution in [0.2, 0.25) is 0 Å². The quantitative estimate of drug-likeness (QED) is 0.0573. The van der Waals surface area contributed by atoms with E-state index in [1.165, 1.54) is 26.2 Å². The molecular formula is C33H39F3N4O11. The fraction of sp³-hybridized carbons (Fsp3) is 0.424. The van der Waals surface area contributed by atoms with Crippen LogP contribution in [0.15, 0.2) is 71.1 Å². The van der Waals surface area contributed by atoms with Crippen molar-refractivity contribution in [2.75, 3.05) is 53.7 Å². The zero-order valence-corrected chi connectivity index (χ0v) is 28.0. The lowest BCUT2D eigenvalue weighted by Gasteiger charge is -2.31. The van der Waals surface area contributed by atoms with Crippen molar-refractivity contribution in [3.05, 3.63) is 86.7 Å². The number of para-hydroxylation sites is 2. The Labute approximate surface area is 290 Å². The number of aliphatic hydroxyl groups is 1. The van der Waals surface area contributed by atoms with Crippen LogP contribution in [0.1, 0.15) is 31.2 Å². The molecule has 2 aromatic carbocycles. The molecule has 51 heavy (non-hydrogen) atoms. The molecule has 4 N–H and O–H groups in total. The number of carbonyl (C=O) groups is 3. The van der Waals surface area contributed by atoms with Crippen molar-refractivity contribution in [2.24, 2.45) is 0 Å². The summed E-state index contributed by atoms with van der Waals surface area (Å²) in [5, 5.41) is 29.1. The molecule has 0 saturated heterocycles. The Morgan fingerprint density at radius 2 is 1.67 bits per heavy atom. The third kappa shape index (κ3) is 11.6. The SMILES string of the molecule is COC(=O)C1=C(C(F)(F)F)NC(C)=C(C(=O)OCCCCOC(=O)NCCNCC(O)COc2ccccc2OC)C1c1cccc([N+](=O)[O-])c1. The zero-order chi connectivity index (χ0) is 37.6. The number of hydrogen-bond donors (Lipinski definition) is 4. The number of nitrogens with zero attached hydrogens (tertiary/aromatic N) is 1. The van der Waals surface area contributed by atoms with Crippen LogP contribution in [-0.4, -0.2) is 94.0 Å². The number of alkyl halides is 3. The molecule has 3 rings (SSSR count). The lowest BCUT2D eigenvalue weighted by molar-refractivity contribution is -0.384. The number of halogens is 3. The molecule has 2 unspecified atom stereocenters. The monoisotopic (exact) mass is 724 g/mol. The number of aliphatic hydroxyl groups excluding tert-OH is 1. The van der Waals surface area contributed by atoms with Crippen molar-refractivity contribution >= 4 is 23.7 Å². The maximum Gasteiger partial charge on any atom is 0.431 e. The maximum absolute atomic E-state index is 14.1. The normalized spacial score (nSPS) is 15.0. The first-order chi connectivity index (χ1) is 24.3. The van der Waals surface area contributed by atoms with Crippen LogP contribution < -0.4 is 25.4 Å². The van der Waals surface area contributed by atoms with Crippen LogP contribution in [0.5, 0.6) is 11.5 Å². The Kier molecular flexibility index (Phi) is 15.0. The highest BCUT2D eigenvalue weighted by Gasteiger charge is 2.47. The van der Waals surface area contributed by atoms with Gasteiger partial charge in [0.15, 0.2) is 11.5 Å². The van der Waals surface area contributed by atoms with Crippen LogP contribution >= 0.6 is 0 Å². The second kappa shape index (κ2) is 19.1. The van der Waals surface area contributed by atoms with Gasteiger partial charge in [-0.3, -0.25) is 10.1 Å². The summed E-state index contributed by atoms with van der Waals surface area (Å²) in [6, 6.07) is 11.6. The van der Waals surface area contributed by atoms with Crippen molar-refractivity contribution in [3.63, 3.8) is 0 Å². The number of unbranched alkanes of at least 4 members (excludes halogenated alkanes) is 1. The largest absolute Gasteiger partial charge is 0.493 e. The first kappa shape index (κ1) is 40.1. The lowest BCUT2D eigenvalue weighted by atomic mass is 9.80. The topological polar surface area (TPSA) is 197 Å². The fourth-order valence-corrected chi connectivity index (χ4v) is 4.97. The number of carbonyl (C=O) groups excluding carboxylic acids is 3. The van der Waals surface area contributed by atoms with E-state index in [0.717, 1.165) is 19.2 Å². The number of nitrogens with one attached hydrogen (secondary N) is 3. The molecule has 1 heterocycles. The second-order valence-corrected chi connectivity index (χ2v) is 11.0. The van der Waals surface area contributed by atoms with Gasteiger partial charge in [0.25, 0.3) is 5.69 Å². The molecule has 0 saturated carbocycles. The molecule has 0 radical (unpaired) electrons. The van der Waals surface area contributed by atoms with Gasteiger partial charge in [0.05, 0.1) is 49.4 Å². The predicted octanol–water partition coefficient (Wildman–Crippen LogP) is 3.63. The van der Waals surface area contributed by atoms with E-state index in [1.807, 2.05) is 0 Å². The first-order valence-corrected chi connectivity index (χ1v) is 15.6. The van der Waals surface area contributed by atoms with Gasteiger partial charge in [0, 0.05) is 37.5 Å². The lowest BCUT2D eigenvalue weighted by Crippen LogP contribution is -2.38. The summed E-state index contributed by atoms with van der Waals surface area (Å²) in [7, 11) is 2.38. The van der Waals surface area contributed by atoms with Gasteiger partial charge >= 0.3 is 24.2 Å². The molecule has 1 amide bonds. The molecule has 15 nitrogen and oxygen atoms in total. The summed E-state index contributed by atoms with van der Waals surface area (Å²) in [6.07, 6.45) is -6.14. The predicted molar refractivity (Wildman–Crippen MR) is 174 cm³/mol. The third-order valence-electron chi connectivity index (χ3n) is 7.34. The molecule has 0 spiro atoms. The van der Waals surface area contributed by atoms with Gasteiger partial charge < -0.3 is 44.7 Å². The number of dihydropyridines is 1. The smallest absolute Gasteiger partial charge is 0.431 e. The molecule has 0 aliphatic carbocycles. The van der Waals surface area contributed by atoms with E-state index >= 15 is 0 Å². The second-order valence-electron chi connectivity index (χ2n) is 11.0. The molecule has 1 aliphatic rings. The van der Waals surface area contributed by atoms with Gasteiger partial charge in [0.1, 0.15) is 18.4 Å². The minimum atomic E-state index is -5.07. The van der Waals surface area contributed by atoms with E-state index in [0.29, 0.717) is 18.0 Å². The standard InChI is InChI=1S/C33H39F3N4O11/c1-20-26(27(21-9-8-10-22(17-21)40(45)46)28(30(42)48-3)29(39-20)33(34,35)36)31(43)49-15-6-7-16-50-32(44)38-14-13-37-18-23(41)19-51-25-12-5-4-11-24(25)47-2/h4-5,8-12,17,23,27,37,39,41H,6-7,13-16,18-19H2,1-3H3,(H,38,44). The average molecular weight is 725 g/mol. The third-order valence-corrected chi connectivity index (χ3v) is 7.34. The van der Waals surface area contributed by atoms with Gasteiger partial charge in [-0.2, -0.15) is 13.2 Å². The summed E-state index contributed by atoms with van der Waals surface area (Å²) >= 11 is 0. The maximum atomic E-state index is 14.1. The molecule has 0 aromatic heterocycles. The van der Waals surface area contributed by atoms with E-state index in [9.17, 15) is 42.8 Å². The number of esters is 2. The molecular weight excluding hydrogens is 685 g/mol. The molecule has 2 aromatic rings. The van der Waals surface area contributed by atoms with E-state index in [2.05, 4.69) is 20.7 Å². The summed E-state index contributed by atoms with van der Waals surface area (Å²) in [5.74, 6) is -3.14. The highest BCUT2D eigenvalue weighted by atomic mass is 19.4. The number of alkyl carbamates (subject to hydrolysis) is 1. The van der Waals surface area contributed by atoms with Gasteiger partial charge in [-0.1, -0.05) is 24.3 Å². The summed E-state index contributed by atoms with van der Waals surface area (Å²) < 4.78 is 67.9. The van der Waals surface area contributed by atoms with Crippen molar-refractivity contribution in [3.8, 4) is 11.5 Å². The van der Waals surface area contributed by atoms with Gasteiger partial charge in [-0.25, -0.2) is 14.4 Å². The minimum absolute atomic E-state index is 0.0230. The number of non-ortho nitro benzene ring substituents is 1.